The predicted molar refractivity (Wildman–Crippen MR) is 83.6 cm³/mol. The van der Waals surface area contributed by atoms with Gasteiger partial charge in [0.2, 0.25) is 0 Å². The van der Waals surface area contributed by atoms with Gasteiger partial charge in [-0.25, -0.2) is 0 Å². The summed E-state index contributed by atoms with van der Waals surface area (Å²) in [6, 6.07) is 13.8. The van der Waals surface area contributed by atoms with E-state index in [4.69, 9.17) is 4.74 Å². The van der Waals surface area contributed by atoms with Crippen molar-refractivity contribution in [3.63, 3.8) is 0 Å². The Balaban J connectivity index is 2.30. The number of sulfonamides is 1. The zero-order valence-corrected chi connectivity index (χ0v) is 12.8. The third-order valence-corrected chi connectivity index (χ3v) is 4.12. The molecule has 2 aromatic carbocycles. The molecule has 2 rings (SSSR count). The molecule has 0 aliphatic heterocycles. The van der Waals surface area contributed by atoms with Gasteiger partial charge in [0.15, 0.2) is 0 Å². The number of ether oxygens (including phenoxy) is 1. The van der Waals surface area contributed by atoms with Gasteiger partial charge in [-0.3, -0.25) is 0 Å². The molecule has 0 heterocycles. The Morgan fingerprint density at radius 2 is 1.76 bits per heavy atom. The average molecular weight is 303 g/mol. The number of hydrogen-bond donors (Lipinski definition) is 0. The molecule has 0 fully saturated rings. The summed E-state index contributed by atoms with van der Waals surface area (Å²) in [7, 11) is -3.69. The van der Waals surface area contributed by atoms with Crippen LogP contribution in [0, 0.1) is 6.92 Å². The fourth-order valence-corrected chi connectivity index (χ4v) is 2.63. The van der Waals surface area contributed by atoms with Crippen molar-refractivity contribution in [2.75, 3.05) is 6.61 Å². The fraction of sp³-hybridized carbons (Fsp3) is 0.188. The maximum atomic E-state index is 12.1. The molecule has 0 unspecified atom stereocenters. The van der Waals surface area contributed by atoms with E-state index >= 15 is 0 Å². The summed E-state index contributed by atoms with van der Waals surface area (Å²) >= 11 is 0. The van der Waals surface area contributed by atoms with Crippen LogP contribution in [0.5, 0.6) is 5.75 Å². The van der Waals surface area contributed by atoms with Crippen molar-refractivity contribution in [1.82, 2.24) is 0 Å². The molecular weight excluding hydrogens is 286 g/mol. The lowest BCUT2D eigenvalue weighted by molar-refractivity contribution is 0.340. The van der Waals surface area contributed by atoms with Gasteiger partial charge in [-0.15, -0.1) is 0 Å². The van der Waals surface area contributed by atoms with Crippen LogP contribution >= 0.6 is 0 Å². The molecular formula is C16H17NO3S. The van der Waals surface area contributed by atoms with Crippen LogP contribution in [-0.2, 0) is 10.0 Å². The zero-order chi connectivity index (χ0) is 15.3. The Morgan fingerprint density at radius 1 is 1.10 bits per heavy atom. The number of nitrogens with zero attached hydrogens (tertiary/aromatic N) is 1. The van der Waals surface area contributed by atoms with Crippen LogP contribution in [-0.4, -0.2) is 21.2 Å². The Bertz CT molecular complexity index is 734. The highest BCUT2D eigenvalue weighted by molar-refractivity contribution is 7.90. The molecule has 0 aliphatic rings. The largest absolute Gasteiger partial charge is 0.493 e. The quantitative estimate of drug-likeness (QED) is 0.797. The molecule has 5 heteroatoms. The molecule has 0 amide bonds. The van der Waals surface area contributed by atoms with Crippen LogP contribution in [0.1, 0.15) is 18.1 Å². The highest BCUT2D eigenvalue weighted by Gasteiger charge is 2.11. The first-order valence-corrected chi connectivity index (χ1v) is 8.06. The third-order valence-electron chi connectivity index (χ3n) is 2.87. The minimum atomic E-state index is -3.69. The summed E-state index contributed by atoms with van der Waals surface area (Å²) in [5.74, 6) is 0.614. The fourth-order valence-electron chi connectivity index (χ4n) is 1.77. The van der Waals surface area contributed by atoms with E-state index in [0.717, 1.165) is 5.56 Å². The second-order valence-electron chi connectivity index (χ2n) is 4.49. The van der Waals surface area contributed by atoms with Crippen molar-refractivity contribution >= 4 is 16.2 Å². The van der Waals surface area contributed by atoms with Gasteiger partial charge in [-0.05, 0) is 38.1 Å². The van der Waals surface area contributed by atoms with Crippen molar-refractivity contribution in [3.8, 4) is 5.75 Å². The van der Waals surface area contributed by atoms with Crippen molar-refractivity contribution < 1.29 is 13.2 Å². The van der Waals surface area contributed by atoms with Crippen LogP contribution in [0.25, 0.3) is 0 Å². The first-order valence-electron chi connectivity index (χ1n) is 6.62. The van der Waals surface area contributed by atoms with E-state index in [0.29, 0.717) is 17.9 Å². The highest BCUT2D eigenvalue weighted by atomic mass is 32.2. The normalized spacial score (nSPS) is 11.7. The van der Waals surface area contributed by atoms with Crippen LogP contribution in [0.4, 0.5) is 0 Å². The number of rotatable bonds is 5. The molecule has 0 N–H and O–H groups in total. The van der Waals surface area contributed by atoms with Gasteiger partial charge >= 0.3 is 0 Å². The minimum absolute atomic E-state index is 0.179. The molecule has 0 spiro atoms. The molecule has 4 nitrogen and oxygen atoms in total. The molecule has 0 aliphatic carbocycles. The van der Waals surface area contributed by atoms with E-state index in [1.165, 1.54) is 6.21 Å². The smallest absolute Gasteiger partial charge is 0.282 e. The summed E-state index contributed by atoms with van der Waals surface area (Å²) in [5, 5.41) is 0. The molecule has 110 valence electrons. The molecule has 0 atom stereocenters. The van der Waals surface area contributed by atoms with Crippen LogP contribution in [0.2, 0.25) is 0 Å². The molecule has 2 aromatic rings. The zero-order valence-electron chi connectivity index (χ0n) is 12.0. The minimum Gasteiger partial charge on any atom is -0.493 e. The first-order chi connectivity index (χ1) is 10.0. The van der Waals surface area contributed by atoms with Gasteiger partial charge in [0.25, 0.3) is 10.0 Å². The van der Waals surface area contributed by atoms with Crippen molar-refractivity contribution in [3.05, 3.63) is 59.7 Å². The van der Waals surface area contributed by atoms with Gasteiger partial charge in [0.05, 0.1) is 17.7 Å². The second-order valence-corrected chi connectivity index (χ2v) is 6.13. The predicted octanol–water partition coefficient (Wildman–Crippen LogP) is 3.20. The standard InChI is InChI=1S/C16H17NO3S/c1-3-20-16-7-5-4-6-14(16)12-17-21(18,19)15-10-8-13(2)9-11-15/h4-12H,3H2,1-2H3/b17-12-. The number of hydrogen-bond acceptors (Lipinski definition) is 3. The number of para-hydroxylation sites is 1. The number of aryl methyl sites for hydroxylation is 1. The Labute approximate surface area is 125 Å². The van der Waals surface area contributed by atoms with E-state index in [1.54, 1.807) is 36.4 Å². The summed E-state index contributed by atoms with van der Waals surface area (Å²) in [5.41, 5.74) is 1.63. The van der Waals surface area contributed by atoms with Crippen molar-refractivity contribution in [1.29, 1.82) is 0 Å². The summed E-state index contributed by atoms with van der Waals surface area (Å²) < 4.78 is 33.5. The average Bonchev–Trinajstić information content (AvgIpc) is 2.47. The van der Waals surface area contributed by atoms with Gasteiger partial charge < -0.3 is 4.74 Å². The second kappa shape index (κ2) is 6.54. The van der Waals surface area contributed by atoms with E-state index in [-0.39, 0.29) is 4.90 Å². The summed E-state index contributed by atoms with van der Waals surface area (Å²) in [6.45, 7) is 4.28. The molecule has 0 bridgehead atoms. The van der Waals surface area contributed by atoms with Crippen LogP contribution < -0.4 is 4.74 Å². The lowest BCUT2D eigenvalue weighted by Gasteiger charge is -2.05. The van der Waals surface area contributed by atoms with Crippen LogP contribution in [0.3, 0.4) is 0 Å². The Kier molecular flexibility index (Phi) is 4.75. The highest BCUT2D eigenvalue weighted by Crippen LogP contribution is 2.18. The topological polar surface area (TPSA) is 55.7 Å². The monoisotopic (exact) mass is 303 g/mol. The lowest BCUT2D eigenvalue weighted by atomic mass is 10.2. The molecule has 0 saturated heterocycles. The molecule has 0 aromatic heterocycles. The van der Waals surface area contributed by atoms with Gasteiger partial charge in [-0.1, -0.05) is 29.8 Å². The molecule has 0 saturated carbocycles. The first kappa shape index (κ1) is 15.3. The summed E-state index contributed by atoms with van der Waals surface area (Å²) in [6.07, 6.45) is 1.32. The SMILES string of the molecule is CCOc1ccccc1/C=N\S(=O)(=O)c1ccc(C)cc1. The number of benzene rings is 2. The Hall–Kier alpha value is -2.14. The lowest BCUT2D eigenvalue weighted by Crippen LogP contribution is -2.00. The van der Waals surface area contributed by atoms with Gasteiger partial charge in [-0.2, -0.15) is 12.8 Å². The van der Waals surface area contributed by atoms with E-state index in [2.05, 4.69) is 4.40 Å². The molecule has 21 heavy (non-hydrogen) atoms. The molecule has 0 radical (unpaired) electrons. The third kappa shape index (κ3) is 3.92. The van der Waals surface area contributed by atoms with E-state index in [1.807, 2.05) is 26.0 Å². The van der Waals surface area contributed by atoms with Crippen LogP contribution in [0.15, 0.2) is 57.8 Å². The van der Waals surface area contributed by atoms with E-state index < -0.39 is 10.0 Å². The Morgan fingerprint density at radius 3 is 2.43 bits per heavy atom. The van der Waals surface area contributed by atoms with E-state index in [9.17, 15) is 8.42 Å². The van der Waals surface area contributed by atoms with Crippen molar-refractivity contribution in [2.24, 2.45) is 4.40 Å². The maximum Gasteiger partial charge on any atom is 0.282 e. The van der Waals surface area contributed by atoms with Gasteiger partial charge in [0.1, 0.15) is 5.75 Å². The van der Waals surface area contributed by atoms with Crippen molar-refractivity contribution in [2.45, 2.75) is 18.7 Å². The van der Waals surface area contributed by atoms with Gasteiger partial charge in [0, 0.05) is 5.56 Å². The maximum absolute atomic E-state index is 12.1. The summed E-state index contributed by atoms with van der Waals surface area (Å²) in [4.78, 5) is 0.179.